The number of allylic oxidation sites excluding steroid dienone is 3. The average molecular weight is 438 g/mol. The van der Waals surface area contributed by atoms with Crippen LogP contribution in [-0.2, 0) is 4.79 Å². The number of carbonyl (C=O) groups excluding carboxylic acids is 1. The second-order valence-electron chi connectivity index (χ2n) is 7.22. The molecule has 1 aliphatic carbocycles. The lowest BCUT2D eigenvalue weighted by molar-refractivity contribution is -0.116. The summed E-state index contributed by atoms with van der Waals surface area (Å²) in [6.45, 7) is 0. The van der Waals surface area contributed by atoms with Gasteiger partial charge in [-0.25, -0.2) is 0 Å². The van der Waals surface area contributed by atoms with Crippen molar-refractivity contribution in [2.75, 3.05) is 26.2 Å². The van der Waals surface area contributed by atoms with Crippen LogP contribution in [0.4, 0.5) is 5.69 Å². The molecule has 1 atom stereocenters. The van der Waals surface area contributed by atoms with E-state index in [1.165, 1.54) is 18.4 Å². The van der Waals surface area contributed by atoms with Crippen molar-refractivity contribution in [3.63, 3.8) is 0 Å². The Morgan fingerprint density at radius 3 is 2.42 bits per heavy atom. The Morgan fingerprint density at radius 1 is 1.16 bits per heavy atom. The number of nitrogens with two attached hydrogens (primary N) is 1. The third kappa shape index (κ3) is 3.31. The van der Waals surface area contributed by atoms with E-state index in [0.717, 1.165) is 17.0 Å². The molecule has 1 aromatic heterocycles. The zero-order valence-electron chi connectivity index (χ0n) is 17.6. The van der Waals surface area contributed by atoms with Crippen LogP contribution in [0.1, 0.15) is 30.1 Å². The molecule has 1 unspecified atom stereocenters. The molecule has 0 bridgehead atoms. The number of benzene rings is 1. The van der Waals surface area contributed by atoms with Crippen molar-refractivity contribution in [2.45, 2.75) is 25.2 Å². The molecule has 0 amide bonds. The number of nitrogens with zero attached hydrogens (tertiary/aromatic N) is 2. The summed E-state index contributed by atoms with van der Waals surface area (Å²) >= 11 is 1.52. The third-order valence-corrected chi connectivity index (χ3v) is 6.59. The number of nitriles is 1. The second kappa shape index (κ2) is 8.36. The van der Waals surface area contributed by atoms with Crippen LogP contribution in [0.5, 0.6) is 17.2 Å². The minimum Gasteiger partial charge on any atom is -0.493 e. The number of hydrogen-bond acceptors (Lipinski definition) is 8. The predicted molar refractivity (Wildman–Crippen MR) is 118 cm³/mol. The first-order chi connectivity index (χ1) is 15.0. The highest BCUT2D eigenvalue weighted by Crippen LogP contribution is 2.49. The molecule has 8 heteroatoms. The molecule has 0 saturated heterocycles. The van der Waals surface area contributed by atoms with Crippen LogP contribution in [0.15, 0.2) is 52.3 Å². The van der Waals surface area contributed by atoms with Gasteiger partial charge in [0.2, 0.25) is 5.75 Å². The van der Waals surface area contributed by atoms with Gasteiger partial charge in [0.15, 0.2) is 17.3 Å². The highest BCUT2D eigenvalue weighted by molar-refractivity contribution is 7.10. The minimum absolute atomic E-state index is 0.0531. The monoisotopic (exact) mass is 437 g/mol. The van der Waals surface area contributed by atoms with Crippen molar-refractivity contribution in [1.29, 1.82) is 5.26 Å². The van der Waals surface area contributed by atoms with Crippen LogP contribution in [0.3, 0.4) is 0 Å². The van der Waals surface area contributed by atoms with Crippen molar-refractivity contribution in [1.82, 2.24) is 0 Å². The molecule has 1 aromatic carbocycles. The second-order valence-corrected chi connectivity index (χ2v) is 8.19. The zero-order chi connectivity index (χ0) is 22.1. The summed E-state index contributed by atoms with van der Waals surface area (Å²) in [5, 5.41) is 12.0. The van der Waals surface area contributed by atoms with Crippen molar-refractivity contribution < 1.29 is 19.0 Å². The average Bonchev–Trinajstić information content (AvgIpc) is 3.32. The number of methoxy groups -OCH3 is 3. The predicted octanol–water partition coefficient (Wildman–Crippen LogP) is 4.08. The molecule has 1 aliphatic heterocycles. The fourth-order valence-electron chi connectivity index (χ4n) is 4.32. The number of thiophene rings is 1. The molecular formula is C23H23N3O4S. The topological polar surface area (TPSA) is 97.8 Å². The van der Waals surface area contributed by atoms with E-state index in [-0.39, 0.29) is 5.78 Å². The quantitative estimate of drug-likeness (QED) is 0.753. The molecule has 2 heterocycles. The summed E-state index contributed by atoms with van der Waals surface area (Å²) in [6, 6.07) is 9.69. The minimum atomic E-state index is -0.439. The molecule has 0 saturated carbocycles. The third-order valence-electron chi connectivity index (χ3n) is 5.65. The van der Waals surface area contributed by atoms with Crippen LogP contribution in [0, 0.1) is 11.3 Å². The van der Waals surface area contributed by atoms with Gasteiger partial charge in [-0.05, 0) is 24.3 Å². The normalized spacial score (nSPS) is 18.6. The van der Waals surface area contributed by atoms with Gasteiger partial charge in [0.1, 0.15) is 5.82 Å². The van der Waals surface area contributed by atoms with E-state index in [9.17, 15) is 10.1 Å². The summed E-state index contributed by atoms with van der Waals surface area (Å²) in [5.74, 6) is 1.31. The Hall–Kier alpha value is -3.44. The first kappa shape index (κ1) is 20.8. The number of hydrogen-bond donors (Lipinski definition) is 1. The number of Topliss-reactive ketones (excluding diaryl/α,β-unsaturated/α-hetero) is 1. The van der Waals surface area contributed by atoms with Gasteiger partial charge in [0.25, 0.3) is 0 Å². The fraction of sp³-hybridized carbons (Fsp3) is 0.304. The Kier molecular flexibility index (Phi) is 5.61. The Bertz CT molecular complexity index is 1100. The van der Waals surface area contributed by atoms with Crippen molar-refractivity contribution in [3.8, 4) is 23.3 Å². The maximum atomic E-state index is 13.1. The number of ketones is 1. The highest BCUT2D eigenvalue weighted by Gasteiger charge is 2.41. The molecule has 2 aliphatic rings. The number of ether oxygens (including phenoxy) is 3. The molecule has 31 heavy (non-hydrogen) atoms. The van der Waals surface area contributed by atoms with Gasteiger partial charge < -0.3 is 19.9 Å². The lowest BCUT2D eigenvalue weighted by atomic mass is 9.78. The van der Waals surface area contributed by atoms with Crippen molar-refractivity contribution >= 4 is 22.8 Å². The summed E-state index contributed by atoms with van der Waals surface area (Å²) < 4.78 is 16.4. The highest BCUT2D eigenvalue weighted by atomic mass is 32.1. The summed E-state index contributed by atoms with van der Waals surface area (Å²) in [7, 11) is 4.62. The number of carbonyl (C=O) groups is 1. The summed E-state index contributed by atoms with van der Waals surface area (Å²) in [5.41, 5.74) is 9.07. The van der Waals surface area contributed by atoms with Crippen LogP contribution >= 0.6 is 11.3 Å². The van der Waals surface area contributed by atoms with Gasteiger partial charge in [0.05, 0.1) is 44.6 Å². The molecule has 4 rings (SSSR count). The summed E-state index contributed by atoms with van der Waals surface area (Å²) in [4.78, 5) is 15.8. The first-order valence-electron chi connectivity index (χ1n) is 9.85. The Labute approximate surface area is 184 Å². The molecule has 7 nitrogen and oxygen atoms in total. The molecule has 0 fully saturated rings. The first-order valence-corrected chi connectivity index (χ1v) is 10.7. The lowest BCUT2D eigenvalue weighted by Gasteiger charge is -2.39. The molecule has 2 aromatic rings. The molecule has 0 radical (unpaired) electrons. The SMILES string of the molecule is COc1cc(N2C(N)=C(C#N)C(c3cccs3)C3=C2CCCC3=O)cc(OC)c1OC. The van der Waals surface area contributed by atoms with Gasteiger partial charge in [-0.15, -0.1) is 11.3 Å². The van der Waals surface area contributed by atoms with Gasteiger partial charge in [-0.1, -0.05) is 6.07 Å². The Balaban J connectivity index is 1.98. The molecular weight excluding hydrogens is 414 g/mol. The van der Waals surface area contributed by atoms with Crippen LogP contribution in [-0.4, -0.2) is 27.1 Å². The van der Waals surface area contributed by atoms with Crippen LogP contribution < -0.4 is 24.8 Å². The van der Waals surface area contributed by atoms with E-state index in [4.69, 9.17) is 19.9 Å². The summed E-state index contributed by atoms with van der Waals surface area (Å²) in [6.07, 6.45) is 1.87. The number of rotatable bonds is 5. The Morgan fingerprint density at radius 2 is 1.87 bits per heavy atom. The smallest absolute Gasteiger partial charge is 0.203 e. The largest absolute Gasteiger partial charge is 0.493 e. The van der Waals surface area contributed by atoms with E-state index in [2.05, 4.69) is 6.07 Å². The van der Waals surface area contributed by atoms with Crippen molar-refractivity contribution in [3.05, 3.63) is 57.2 Å². The molecule has 160 valence electrons. The van der Waals surface area contributed by atoms with Crippen LogP contribution in [0.2, 0.25) is 0 Å². The maximum Gasteiger partial charge on any atom is 0.203 e. The van der Waals surface area contributed by atoms with Crippen molar-refractivity contribution in [2.24, 2.45) is 5.73 Å². The van der Waals surface area contributed by atoms with E-state index in [1.807, 2.05) is 17.5 Å². The van der Waals surface area contributed by atoms with Gasteiger partial charge >= 0.3 is 0 Å². The van der Waals surface area contributed by atoms with Gasteiger partial charge in [-0.2, -0.15) is 5.26 Å². The van der Waals surface area contributed by atoms with Gasteiger partial charge in [0, 0.05) is 34.7 Å². The van der Waals surface area contributed by atoms with Gasteiger partial charge in [-0.3, -0.25) is 9.69 Å². The maximum absolute atomic E-state index is 13.1. The van der Waals surface area contributed by atoms with E-state index < -0.39 is 5.92 Å². The van der Waals surface area contributed by atoms with Crippen LogP contribution in [0.25, 0.3) is 0 Å². The van der Waals surface area contributed by atoms with E-state index in [1.54, 1.807) is 31.3 Å². The van der Waals surface area contributed by atoms with E-state index >= 15 is 0 Å². The standard InChI is InChI=1S/C23H23N3O4S/c1-28-17-10-13(11-18(29-2)22(17)30-3)26-15-6-4-7-16(27)21(15)20(14(12-24)23(26)25)19-8-5-9-31-19/h5,8-11,20H,4,6-7,25H2,1-3H3. The molecule has 0 spiro atoms. The molecule has 2 N–H and O–H groups in total. The lowest BCUT2D eigenvalue weighted by Crippen LogP contribution is -2.38. The fourth-order valence-corrected chi connectivity index (χ4v) is 5.16. The number of anilines is 1. The zero-order valence-corrected chi connectivity index (χ0v) is 18.4. The van der Waals surface area contributed by atoms with E-state index in [0.29, 0.717) is 52.7 Å².